The van der Waals surface area contributed by atoms with Crippen LogP contribution in [0.1, 0.15) is 0 Å². The van der Waals surface area contributed by atoms with E-state index in [1.165, 1.54) is 70.4 Å². The molecule has 0 aliphatic carbocycles. The first-order valence-corrected chi connectivity index (χ1v) is 17.8. The van der Waals surface area contributed by atoms with E-state index < -0.39 is 0 Å². The van der Waals surface area contributed by atoms with E-state index in [0.717, 1.165) is 11.4 Å². The molecular weight excluding hydrogens is 623 g/mol. The molecule has 0 aliphatic heterocycles. The van der Waals surface area contributed by atoms with Gasteiger partial charge in [0, 0.05) is 31.5 Å². The summed E-state index contributed by atoms with van der Waals surface area (Å²) in [5.74, 6) is 0. The van der Waals surface area contributed by atoms with Crippen LogP contribution in [-0.4, -0.2) is 0 Å². The van der Waals surface area contributed by atoms with Gasteiger partial charge in [-0.15, -0.1) is 11.3 Å². The van der Waals surface area contributed by atoms with Gasteiger partial charge >= 0.3 is 0 Å². The van der Waals surface area contributed by atoms with Crippen molar-refractivity contribution < 1.29 is 0 Å². The fraction of sp³-hybridized carbons (Fsp3) is 0. The summed E-state index contributed by atoms with van der Waals surface area (Å²) in [5, 5.41) is 2.56. The molecular formula is C48H33NS. The van der Waals surface area contributed by atoms with Crippen LogP contribution in [0.25, 0.3) is 64.7 Å². The van der Waals surface area contributed by atoms with Crippen molar-refractivity contribution in [2.24, 2.45) is 0 Å². The minimum atomic E-state index is 1.11. The van der Waals surface area contributed by atoms with E-state index >= 15 is 0 Å². The fourth-order valence-corrected chi connectivity index (χ4v) is 8.31. The number of benzene rings is 8. The van der Waals surface area contributed by atoms with Gasteiger partial charge < -0.3 is 4.90 Å². The van der Waals surface area contributed by atoms with Crippen LogP contribution in [0.15, 0.2) is 200 Å². The van der Waals surface area contributed by atoms with Crippen LogP contribution in [0.2, 0.25) is 0 Å². The van der Waals surface area contributed by atoms with E-state index in [0.29, 0.717) is 0 Å². The first-order valence-electron chi connectivity index (χ1n) is 17.0. The van der Waals surface area contributed by atoms with Crippen LogP contribution >= 0.6 is 11.3 Å². The van der Waals surface area contributed by atoms with Crippen molar-refractivity contribution in [3.05, 3.63) is 200 Å². The van der Waals surface area contributed by atoms with Crippen molar-refractivity contribution in [1.82, 2.24) is 0 Å². The Morgan fingerprint density at radius 2 is 0.800 bits per heavy atom. The smallest absolute Gasteiger partial charge is 0.0554 e. The Morgan fingerprint density at radius 3 is 1.44 bits per heavy atom. The quantitative estimate of drug-likeness (QED) is 0.165. The zero-order valence-corrected chi connectivity index (χ0v) is 28.2. The largest absolute Gasteiger partial charge is 0.310 e. The highest BCUT2D eigenvalue weighted by Crippen LogP contribution is 2.46. The molecule has 9 aromatic rings. The van der Waals surface area contributed by atoms with Gasteiger partial charge in [-0.1, -0.05) is 158 Å². The normalized spacial score (nSPS) is 11.2. The SMILES string of the molecule is c1ccc(-c2ccccc2-c2ccc(N(c3cccc(-c4ccccc4-c4ccccc4)c3)c3cccc4sc5ccccc5c34)cc2)cc1. The Labute approximate surface area is 297 Å². The Bertz CT molecular complexity index is 2580. The number of rotatable bonds is 7. The number of hydrogen-bond donors (Lipinski definition) is 0. The molecule has 1 nitrogen and oxygen atoms in total. The molecule has 8 aromatic carbocycles. The molecule has 0 amide bonds. The molecule has 2 heteroatoms. The zero-order valence-electron chi connectivity index (χ0n) is 27.4. The highest BCUT2D eigenvalue weighted by Gasteiger charge is 2.20. The molecule has 0 aliphatic rings. The third kappa shape index (κ3) is 5.46. The van der Waals surface area contributed by atoms with Crippen molar-refractivity contribution in [3.8, 4) is 44.5 Å². The second-order valence-electron chi connectivity index (χ2n) is 12.5. The maximum Gasteiger partial charge on any atom is 0.0554 e. The van der Waals surface area contributed by atoms with Gasteiger partial charge in [0.25, 0.3) is 0 Å². The highest BCUT2D eigenvalue weighted by molar-refractivity contribution is 7.26. The molecule has 9 rings (SSSR count). The summed E-state index contributed by atoms with van der Waals surface area (Å²) in [5.41, 5.74) is 13.1. The predicted molar refractivity (Wildman–Crippen MR) is 216 cm³/mol. The Hall–Kier alpha value is -6.22. The van der Waals surface area contributed by atoms with E-state index in [2.05, 4.69) is 205 Å². The number of anilines is 3. The Kier molecular flexibility index (Phi) is 7.77. The predicted octanol–water partition coefficient (Wildman–Crippen LogP) is 14.2. The third-order valence-electron chi connectivity index (χ3n) is 9.50. The molecule has 0 N–H and O–H groups in total. The highest BCUT2D eigenvalue weighted by atomic mass is 32.1. The number of fused-ring (bicyclic) bond motifs is 3. The lowest BCUT2D eigenvalue weighted by Gasteiger charge is -2.27. The molecule has 0 spiro atoms. The maximum absolute atomic E-state index is 2.43. The van der Waals surface area contributed by atoms with Crippen LogP contribution in [0.5, 0.6) is 0 Å². The minimum absolute atomic E-state index is 1.11. The average molecular weight is 656 g/mol. The van der Waals surface area contributed by atoms with Gasteiger partial charge in [0.05, 0.1) is 5.69 Å². The van der Waals surface area contributed by atoms with Crippen molar-refractivity contribution in [3.63, 3.8) is 0 Å². The van der Waals surface area contributed by atoms with Gasteiger partial charge in [-0.3, -0.25) is 0 Å². The fourth-order valence-electron chi connectivity index (χ4n) is 7.18. The van der Waals surface area contributed by atoms with E-state index in [9.17, 15) is 0 Å². The van der Waals surface area contributed by atoms with Gasteiger partial charge in [0.1, 0.15) is 0 Å². The lowest BCUT2D eigenvalue weighted by molar-refractivity contribution is 1.30. The molecule has 50 heavy (non-hydrogen) atoms. The van der Waals surface area contributed by atoms with Gasteiger partial charge in [-0.25, -0.2) is 0 Å². The summed E-state index contributed by atoms with van der Waals surface area (Å²) in [4.78, 5) is 2.43. The molecule has 1 heterocycles. The van der Waals surface area contributed by atoms with E-state index in [-0.39, 0.29) is 0 Å². The van der Waals surface area contributed by atoms with E-state index in [4.69, 9.17) is 0 Å². The summed E-state index contributed by atoms with van der Waals surface area (Å²) in [6.45, 7) is 0. The average Bonchev–Trinajstić information content (AvgIpc) is 3.59. The number of nitrogens with zero attached hydrogens (tertiary/aromatic N) is 1. The monoisotopic (exact) mass is 655 g/mol. The van der Waals surface area contributed by atoms with Crippen LogP contribution in [0.3, 0.4) is 0 Å². The summed E-state index contributed by atoms with van der Waals surface area (Å²) in [6, 6.07) is 72.3. The van der Waals surface area contributed by atoms with Crippen LogP contribution in [-0.2, 0) is 0 Å². The molecule has 0 saturated heterocycles. The standard InChI is InChI=1S/C48H33NS/c1-3-15-34(16-4-1)40-21-7-8-23-42(40)36-29-31-38(32-30-36)49(45-26-14-28-47-48(45)44-25-11-12-27-46(44)50-47)39-20-13-19-37(33-39)43-24-10-9-22-41(43)35-17-5-2-6-18-35/h1-33H. The Morgan fingerprint density at radius 1 is 0.320 bits per heavy atom. The second-order valence-corrected chi connectivity index (χ2v) is 13.6. The first-order chi connectivity index (χ1) is 24.8. The number of hydrogen-bond acceptors (Lipinski definition) is 2. The summed E-state index contributed by atoms with van der Waals surface area (Å²) >= 11 is 1.86. The lowest BCUT2D eigenvalue weighted by Crippen LogP contribution is -2.10. The first kappa shape index (κ1) is 29.9. The summed E-state index contributed by atoms with van der Waals surface area (Å²) in [7, 11) is 0. The van der Waals surface area contributed by atoms with Gasteiger partial charge in [-0.2, -0.15) is 0 Å². The van der Waals surface area contributed by atoms with Crippen LogP contribution in [0, 0.1) is 0 Å². The van der Waals surface area contributed by atoms with E-state index in [1.807, 2.05) is 11.3 Å². The van der Waals surface area contributed by atoms with Crippen LogP contribution in [0.4, 0.5) is 17.1 Å². The zero-order chi connectivity index (χ0) is 33.3. The van der Waals surface area contributed by atoms with Gasteiger partial charge in [-0.05, 0) is 87.0 Å². The van der Waals surface area contributed by atoms with Crippen molar-refractivity contribution >= 4 is 48.6 Å². The molecule has 0 unspecified atom stereocenters. The van der Waals surface area contributed by atoms with E-state index in [1.54, 1.807) is 0 Å². The molecule has 0 fully saturated rings. The topological polar surface area (TPSA) is 3.24 Å². The molecule has 0 radical (unpaired) electrons. The Balaban J connectivity index is 1.22. The molecule has 0 saturated carbocycles. The molecule has 236 valence electrons. The lowest BCUT2D eigenvalue weighted by atomic mass is 9.94. The van der Waals surface area contributed by atoms with Crippen molar-refractivity contribution in [1.29, 1.82) is 0 Å². The van der Waals surface area contributed by atoms with Crippen molar-refractivity contribution in [2.45, 2.75) is 0 Å². The molecule has 0 bridgehead atoms. The van der Waals surface area contributed by atoms with Gasteiger partial charge in [0.2, 0.25) is 0 Å². The summed E-state index contributed by atoms with van der Waals surface area (Å²) in [6.07, 6.45) is 0. The van der Waals surface area contributed by atoms with Crippen LogP contribution < -0.4 is 4.90 Å². The van der Waals surface area contributed by atoms with Crippen molar-refractivity contribution in [2.75, 3.05) is 4.90 Å². The third-order valence-corrected chi connectivity index (χ3v) is 10.6. The molecule has 1 aromatic heterocycles. The second kappa shape index (κ2) is 13.0. The summed E-state index contributed by atoms with van der Waals surface area (Å²) < 4.78 is 2.58. The molecule has 0 atom stereocenters. The maximum atomic E-state index is 2.43. The minimum Gasteiger partial charge on any atom is -0.310 e. The number of thiophene rings is 1. The van der Waals surface area contributed by atoms with Gasteiger partial charge in [0.15, 0.2) is 0 Å².